The molecule has 1 unspecified atom stereocenters. The van der Waals surface area contributed by atoms with E-state index >= 15 is 0 Å². The second kappa shape index (κ2) is 9.29. The van der Waals surface area contributed by atoms with Gasteiger partial charge in [-0.3, -0.25) is 10.1 Å². The van der Waals surface area contributed by atoms with Crippen LogP contribution in [0.5, 0.6) is 0 Å². The Labute approximate surface area is 154 Å². The van der Waals surface area contributed by atoms with Gasteiger partial charge in [-0.1, -0.05) is 25.7 Å². The van der Waals surface area contributed by atoms with Gasteiger partial charge in [0.1, 0.15) is 5.69 Å². The maximum atomic E-state index is 12.4. The van der Waals surface area contributed by atoms with Gasteiger partial charge in [0.2, 0.25) is 10.0 Å². The van der Waals surface area contributed by atoms with E-state index in [0.29, 0.717) is 5.69 Å². The number of nitrogens with zero attached hydrogens (tertiary/aromatic N) is 1. The van der Waals surface area contributed by atoms with Crippen LogP contribution in [-0.4, -0.2) is 39.1 Å². The maximum Gasteiger partial charge on any atom is 0.293 e. The van der Waals surface area contributed by atoms with Crippen LogP contribution >= 0.6 is 0 Å². The summed E-state index contributed by atoms with van der Waals surface area (Å²) in [6.45, 7) is 1.88. The Hall–Kier alpha value is -1.71. The lowest BCUT2D eigenvalue weighted by Crippen LogP contribution is -2.35. The fourth-order valence-corrected chi connectivity index (χ4v) is 4.46. The van der Waals surface area contributed by atoms with Crippen LogP contribution < -0.4 is 10.0 Å². The van der Waals surface area contributed by atoms with Crippen molar-refractivity contribution in [2.24, 2.45) is 0 Å². The van der Waals surface area contributed by atoms with Gasteiger partial charge in [0.15, 0.2) is 0 Å². The molecule has 0 aliphatic heterocycles. The lowest BCUT2D eigenvalue weighted by Gasteiger charge is -2.18. The lowest BCUT2D eigenvalue weighted by molar-refractivity contribution is -0.384. The van der Waals surface area contributed by atoms with Crippen LogP contribution in [0.15, 0.2) is 23.1 Å². The minimum atomic E-state index is -3.86. The first kappa shape index (κ1) is 20.6. The van der Waals surface area contributed by atoms with Crippen LogP contribution in [0.1, 0.15) is 45.4 Å². The molecule has 2 N–H and O–H groups in total. The number of nitrogens with one attached hydrogen (secondary N) is 2. The molecule has 1 aromatic rings. The van der Waals surface area contributed by atoms with E-state index in [4.69, 9.17) is 4.74 Å². The van der Waals surface area contributed by atoms with E-state index in [1.54, 1.807) is 6.92 Å². The molecule has 1 aliphatic carbocycles. The van der Waals surface area contributed by atoms with E-state index < -0.39 is 21.0 Å². The van der Waals surface area contributed by atoms with Gasteiger partial charge in [-0.15, -0.1) is 0 Å². The molecule has 8 nitrogen and oxygen atoms in total. The topological polar surface area (TPSA) is 111 Å². The summed E-state index contributed by atoms with van der Waals surface area (Å²) in [6, 6.07) is 3.74. The highest BCUT2D eigenvalue weighted by molar-refractivity contribution is 7.89. The van der Waals surface area contributed by atoms with Crippen molar-refractivity contribution in [3.05, 3.63) is 28.3 Å². The number of ether oxygens (including phenoxy) is 1. The fourth-order valence-electron chi connectivity index (χ4n) is 3.21. The number of nitro groups is 1. The van der Waals surface area contributed by atoms with Crippen molar-refractivity contribution < 1.29 is 18.1 Å². The highest BCUT2D eigenvalue weighted by Gasteiger charge is 2.24. The van der Waals surface area contributed by atoms with Gasteiger partial charge < -0.3 is 10.1 Å². The first-order valence-electron chi connectivity index (χ1n) is 8.89. The van der Waals surface area contributed by atoms with Crippen LogP contribution in [0, 0.1) is 10.1 Å². The molecule has 0 heterocycles. The molecule has 0 spiro atoms. The summed E-state index contributed by atoms with van der Waals surface area (Å²) in [5.74, 6) is 0. The molecule has 1 fully saturated rings. The number of sulfonamides is 1. The summed E-state index contributed by atoms with van der Waals surface area (Å²) < 4.78 is 32.2. The normalized spacial score (nSPS) is 17.5. The molecule has 9 heteroatoms. The van der Waals surface area contributed by atoms with Gasteiger partial charge in [-0.05, 0) is 31.9 Å². The predicted molar refractivity (Wildman–Crippen MR) is 99.9 cm³/mol. The largest absolute Gasteiger partial charge is 0.383 e. The third-order valence-corrected chi connectivity index (χ3v) is 6.05. The third-order valence-electron chi connectivity index (χ3n) is 4.46. The summed E-state index contributed by atoms with van der Waals surface area (Å²) in [6.07, 6.45) is 6.49. The Bertz CT molecular complexity index is 715. The molecule has 0 aromatic heterocycles. The van der Waals surface area contributed by atoms with Crippen molar-refractivity contribution in [1.29, 1.82) is 0 Å². The number of rotatable bonds is 8. The monoisotopic (exact) mass is 385 g/mol. The van der Waals surface area contributed by atoms with Crippen LogP contribution in [0.3, 0.4) is 0 Å². The highest BCUT2D eigenvalue weighted by Crippen LogP contribution is 2.30. The quantitative estimate of drug-likeness (QED) is 0.404. The molecule has 1 saturated carbocycles. The molecule has 1 aliphatic rings. The zero-order chi connectivity index (χ0) is 19.2. The number of nitro benzene ring substituents is 1. The van der Waals surface area contributed by atoms with Gasteiger partial charge in [-0.25, -0.2) is 13.1 Å². The average Bonchev–Trinajstić information content (AvgIpc) is 2.83. The summed E-state index contributed by atoms with van der Waals surface area (Å²) >= 11 is 0. The third kappa shape index (κ3) is 5.65. The molecule has 1 atom stereocenters. The van der Waals surface area contributed by atoms with Crippen molar-refractivity contribution in [2.75, 3.05) is 19.0 Å². The van der Waals surface area contributed by atoms with Gasteiger partial charge in [0, 0.05) is 25.3 Å². The smallest absolute Gasteiger partial charge is 0.293 e. The molecule has 26 heavy (non-hydrogen) atoms. The predicted octanol–water partition coefficient (Wildman–Crippen LogP) is 3.04. The second-order valence-electron chi connectivity index (χ2n) is 6.75. The number of benzene rings is 1. The molecule has 0 saturated heterocycles. The number of methoxy groups -OCH3 is 1. The Kier molecular flexibility index (Phi) is 7.36. The molecular weight excluding hydrogens is 358 g/mol. The van der Waals surface area contributed by atoms with Crippen molar-refractivity contribution in [2.45, 2.75) is 62.4 Å². The molecule has 146 valence electrons. The minimum absolute atomic E-state index is 0.126. The maximum absolute atomic E-state index is 12.4. The first-order chi connectivity index (χ1) is 12.3. The zero-order valence-corrected chi connectivity index (χ0v) is 16.0. The molecule has 0 radical (unpaired) electrons. The highest BCUT2D eigenvalue weighted by atomic mass is 32.2. The van der Waals surface area contributed by atoms with E-state index in [1.165, 1.54) is 32.1 Å². The Morgan fingerprint density at radius 1 is 1.27 bits per heavy atom. The van der Waals surface area contributed by atoms with E-state index in [0.717, 1.165) is 31.7 Å². The molecule has 0 bridgehead atoms. The first-order valence-corrected chi connectivity index (χ1v) is 10.4. The Morgan fingerprint density at radius 2 is 1.92 bits per heavy atom. The van der Waals surface area contributed by atoms with E-state index in [-0.39, 0.29) is 23.2 Å². The van der Waals surface area contributed by atoms with Crippen molar-refractivity contribution in [3.63, 3.8) is 0 Å². The SMILES string of the molecule is COCC(C)NS(=O)(=O)c1ccc(NC2CCCCCC2)c([N+](=O)[O-])c1. The molecular formula is C17H27N3O5S. The number of hydrogen-bond acceptors (Lipinski definition) is 6. The summed E-state index contributed by atoms with van der Waals surface area (Å²) in [4.78, 5) is 10.8. The molecule has 1 aromatic carbocycles. The van der Waals surface area contributed by atoms with Crippen LogP contribution in [-0.2, 0) is 14.8 Å². The van der Waals surface area contributed by atoms with Crippen LogP contribution in [0.4, 0.5) is 11.4 Å². The molecule has 2 rings (SSSR count). The Morgan fingerprint density at radius 3 is 2.50 bits per heavy atom. The van der Waals surface area contributed by atoms with Gasteiger partial charge in [0.05, 0.1) is 16.4 Å². The van der Waals surface area contributed by atoms with E-state index in [9.17, 15) is 18.5 Å². The van der Waals surface area contributed by atoms with Crippen LogP contribution in [0.25, 0.3) is 0 Å². The van der Waals surface area contributed by atoms with E-state index in [1.807, 2.05) is 0 Å². The number of hydrogen-bond donors (Lipinski definition) is 2. The summed E-state index contributed by atoms with van der Waals surface area (Å²) in [7, 11) is -2.38. The van der Waals surface area contributed by atoms with Crippen molar-refractivity contribution in [1.82, 2.24) is 4.72 Å². The minimum Gasteiger partial charge on any atom is -0.383 e. The standard InChI is InChI=1S/C17H27N3O5S/c1-13(12-25-2)19-26(23,24)15-9-10-16(17(11-15)20(21)22)18-14-7-5-3-4-6-8-14/h9-11,13-14,18-19H,3-8,12H2,1-2H3. The average molecular weight is 385 g/mol. The summed E-state index contributed by atoms with van der Waals surface area (Å²) in [5, 5.41) is 14.7. The van der Waals surface area contributed by atoms with Gasteiger partial charge >= 0.3 is 0 Å². The van der Waals surface area contributed by atoms with E-state index in [2.05, 4.69) is 10.0 Å². The molecule has 0 amide bonds. The fraction of sp³-hybridized carbons (Fsp3) is 0.647. The zero-order valence-electron chi connectivity index (χ0n) is 15.2. The van der Waals surface area contributed by atoms with Crippen molar-refractivity contribution >= 4 is 21.4 Å². The summed E-state index contributed by atoms with van der Waals surface area (Å²) in [5.41, 5.74) is 0.141. The number of anilines is 1. The Balaban J connectivity index is 2.23. The second-order valence-corrected chi connectivity index (χ2v) is 8.46. The van der Waals surface area contributed by atoms with Crippen LogP contribution in [0.2, 0.25) is 0 Å². The van der Waals surface area contributed by atoms with Gasteiger partial charge in [-0.2, -0.15) is 0 Å². The van der Waals surface area contributed by atoms with Crippen molar-refractivity contribution in [3.8, 4) is 0 Å². The lowest BCUT2D eigenvalue weighted by atomic mass is 10.1. The van der Waals surface area contributed by atoms with Gasteiger partial charge in [0.25, 0.3) is 5.69 Å².